The van der Waals surface area contributed by atoms with E-state index in [2.05, 4.69) is 25.1 Å². The van der Waals surface area contributed by atoms with Gasteiger partial charge >= 0.3 is 5.97 Å². The average Bonchev–Trinajstić information content (AvgIpc) is 2.64. The van der Waals surface area contributed by atoms with Crippen LogP contribution < -0.4 is 5.32 Å². The molecule has 2 atom stereocenters. The fourth-order valence-corrected chi connectivity index (χ4v) is 2.50. The summed E-state index contributed by atoms with van der Waals surface area (Å²) >= 11 is 0. The number of esters is 1. The molecule has 3 nitrogen and oxygen atoms in total. The zero-order valence-corrected chi connectivity index (χ0v) is 15.5. The van der Waals surface area contributed by atoms with Crippen molar-refractivity contribution in [3.05, 3.63) is 35.9 Å². The van der Waals surface area contributed by atoms with E-state index in [1.54, 1.807) is 0 Å². The molecule has 3 heteroatoms. The fourth-order valence-electron chi connectivity index (χ4n) is 2.50. The summed E-state index contributed by atoms with van der Waals surface area (Å²) in [6, 6.07) is 10.0. The maximum atomic E-state index is 12.1. The van der Waals surface area contributed by atoms with Crippen LogP contribution in [-0.4, -0.2) is 19.1 Å². The number of carbonyl (C=O) groups is 1. The Balaban J connectivity index is 0.00000254. The molecule has 0 unspecified atom stereocenters. The van der Waals surface area contributed by atoms with Crippen LogP contribution >= 0.6 is 0 Å². The molecule has 1 rings (SSSR count). The molecule has 0 amide bonds. The summed E-state index contributed by atoms with van der Waals surface area (Å²) in [6.07, 6.45) is 15.4. The molecule has 0 aliphatic rings. The third kappa shape index (κ3) is 9.37. The van der Waals surface area contributed by atoms with E-state index in [9.17, 15) is 4.79 Å². The Morgan fingerprint density at radius 1 is 1.08 bits per heavy atom. The van der Waals surface area contributed by atoms with Crippen LogP contribution in [0.2, 0.25) is 0 Å². The van der Waals surface area contributed by atoms with Crippen molar-refractivity contribution in [3.8, 4) is 12.8 Å². The number of rotatable bonds is 11. The highest BCUT2D eigenvalue weighted by molar-refractivity contribution is 5.69. The summed E-state index contributed by atoms with van der Waals surface area (Å²) in [6.45, 7) is 4.25. The topological polar surface area (TPSA) is 38.3 Å². The number of nitrogens with one attached hydrogen (secondary N) is 1. The van der Waals surface area contributed by atoms with E-state index < -0.39 is 0 Å². The predicted octanol–water partition coefficient (Wildman–Crippen LogP) is 4.88. The van der Waals surface area contributed by atoms with Gasteiger partial charge in [0.2, 0.25) is 0 Å². The van der Waals surface area contributed by atoms with Gasteiger partial charge < -0.3 is 10.1 Å². The van der Waals surface area contributed by atoms with Crippen molar-refractivity contribution in [2.75, 3.05) is 7.05 Å². The van der Waals surface area contributed by atoms with Crippen molar-refractivity contribution < 1.29 is 9.53 Å². The van der Waals surface area contributed by atoms with Crippen LogP contribution in [0.1, 0.15) is 70.5 Å². The van der Waals surface area contributed by atoms with Gasteiger partial charge in [-0.05, 0) is 26.0 Å². The Labute approximate surface area is 148 Å². The van der Waals surface area contributed by atoms with Crippen molar-refractivity contribution in [1.82, 2.24) is 5.32 Å². The normalized spacial score (nSPS) is 12.5. The molecule has 0 radical (unpaired) electrons. The largest absolute Gasteiger partial charge is 0.456 e. The van der Waals surface area contributed by atoms with E-state index >= 15 is 0 Å². The maximum absolute atomic E-state index is 12.1. The van der Waals surface area contributed by atoms with Crippen LogP contribution in [0.3, 0.4) is 0 Å². The van der Waals surface area contributed by atoms with Crippen molar-refractivity contribution in [2.45, 2.75) is 70.9 Å². The lowest BCUT2D eigenvalue weighted by Gasteiger charge is -2.24. The third-order valence-electron chi connectivity index (χ3n) is 4.03. The molecule has 1 aromatic carbocycles. The van der Waals surface area contributed by atoms with Gasteiger partial charge in [-0.15, -0.1) is 12.8 Å². The molecule has 24 heavy (non-hydrogen) atoms. The van der Waals surface area contributed by atoms with E-state index in [-0.39, 0.29) is 18.1 Å². The summed E-state index contributed by atoms with van der Waals surface area (Å²) in [5.41, 5.74) is 1.04. The Morgan fingerprint density at radius 3 is 2.25 bits per heavy atom. The Bertz CT molecular complexity index is 442. The second kappa shape index (κ2) is 14.8. The minimum absolute atomic E-state index is 0.0913. The maximum Gasteiger partial charge on any atom is 0.306 e. The first-order valence-electron chi connectivity index (χ1n) is 8.94. The number of unbranched alkanes of at least 4 members (excludes halogenated alkanes) is 5. The molecule has 0 spiro atoms. The zero-order chi connectivity index (χ0) is 18.2. The van der Waals surface area contributed by atoms with Crippen molar-refractivity contribution >= 4 is 5.97 Å². The summed E-state index contributed by atoms with van der Waals surface area (Å²) in [4.78, 5) is 12.1. The van der Waals surface area contributed by atoms with Gasteiger partial charge in [0.1, 0.15) is 6.10 Å². The zero-order valence-electron chi connectivity index (χ0n) is 15.5. The van der Waals surface area contributed by atoms with Gasteiger partial charge in [-0.25, -0.2) is 0 Å². The van der Waals surface area contributed by atoms with Gasteiger partial charge in [-0.3, -0.25) is 4.79 Å². The summed E-state index contributed by atoms with van der Waals surface area (Å²) in [7, 11) is 1.89. The molecule has 0 heterocycles. The first kappa shape index (κ1) is 22.2. The van der Waals surface area contributed by atoms with Gasteiger partial charge in [0, 0.05) is 12.5 Å². The average molecular weight is 332 g/mol. The number of terminal acetylenes is 1. The minimum atomic E-state index is -0.223. The lowest BCUT2D eigenvalue weighted by atomic mass is 10.0. The second-order valence-electron chi connectivity index (χ2n) is 5.92. The molecule has 0 fully saturated rings. The van der Waals surface area contributed by atoms with E-state index in [1.165, 1.54) is 25.7 Å². The monoisotopic (exact) mass is 331 g/mol. The van der Waals surface area contributed by atoms with Crippen LogP contribution in [0.4, 0.5) is 0 Å². The molecule has 0 saturated heterocycles. The summed E-state index contributed by atoms with van der Waals surface area (Å²) in [5.74, 6) is -0.0913. The Hall–Kier alpha value is -1.79. The van der Waals surface area contributed by atoms with Crippen molar-refractivity contribution in [3.63, 3.8) is 0 Å². The van der Waals surface area contributed by atoms with Gasteiger partial charge in [0.05, 0.1) is 0 Å². The van der Waals surface area contributed by atoms with Gasteiger partial charge in [-0.2, -0.15) is 0 Å². The SMILES string of the molecule is C#C.CCCCCCCCC(=O)O[C@@H](c1ccccc1)[C@@H](C)NC. The Morgan fingerprint density at radius 2 is 1.67 bits per heavy atom. The first-order chi connectivity index (χ1) is 11.7. The Kier molecular flexibility index (Phi) is 13.7. The number of carbonyl (C=O) groups excluding carboxylic acids is 1. The molecule has 134 valence electrons. The summed E-state index contributed by atoms with van der Waals surface area (Å²) < 4.78 is 5.72. The van der Waals surface area contributed by atoms with Crippen molar-refractivity contribution in [1.29, 1.82) is 0 Å². The van der Waals surface area contributed by atoms with Gasteiger partial charge in [-0.1, -0.05) is 69.4 Å². The lowest BCUT2D eigenvalue weighted by molar-refractivity contribution is -0.151. The molecule has 0 saturated carbocycles. The first-order valence-corrected chi connectivity index (χ1v) is 8.94. The minimum Gasteiger partial charge on any atom is -0.456 e. The van der Waals surface area contributed by atoms with Crippen LogP contribution in [0.15, 0.2) is 30.3 Å². The van der Waals surface area contributed by atoms with Crippen LogP contribution in [0.5, 0.6) is 0 Å². The van der Waals surface area contributed by atoms with Crippen LogP contribution in [0, 0.1) is 12.8 Å². The highest BCUT2D eigenvalue weighted by Gasteiger charge is 2.21. The van der Waals surface area contributed by atoms with E-state index in [0.29, 0.717) is 6.42 Å². The van der Waals surface area contributed by atoms with Gasteiger partial charge in [0.15, 0.2) is 0 Å². The van der Waals surface area contributed by atoms with Crippen LogP contribution in [0.25, 0.3) is 0 Å². The molecule has 0 bridgehead atoms. The molecule has 1 aromatic rings. The number of benzene rings is 1. The van der Waals surface area contributed by atoms with Crippen molar-refractivity contribution in [2.24, 2.45) is 0 Å². The fraction of sp³-hybridized carbons (Fsp3) is 0.571. The molecular weight excluding hydrogens is 298 g/mol. The number of ether oxygens (including phenoxy) is 1. The van der Waals surface area contributed by atoms with E-state index in [4.69, 9.17) is 4.74 Å². The van der Waals surface area contributed by atoms with Crippen LogP contribution in [-0.2, 0) is 9.53 Å². The molecular formula is C21H33NO2. The molecule has 0 aromatic heterocycles. The third-order valence-corrected chi connectivity index (χ3v) is 4.03. The van der Waals surface area contributed by atoms with E-state index in [0.717, 1.165) is 18.4 Å². The second-order valence-corrected chi connectivity index (χ2v) is 5.92. The molecule has 0 aliphatic carbocycles. The smallest absolute Gasteiger partial charge is 0.306 e. The number of likely N-dealkylation sites (N-methyl/N-ethyl adjacent to an activating group) is 1. The highest BCUT2D eigenvalue weighted by atomic mass is 16.5. The lowest BCUT2D eigenvalue weighted by Crippen LogP contribution is -2.32. The molecule has 1 N–H and O–H groups in total. The number of hydrogen-bond acceptors (Lipinski definition) is 3. The highest BCUT2D eigenvalue weighted by Crippen LogP contribution is 2.22. The number of hydrogen-bond donors (Lipinski definition) is 1. The summed E-state index contributed by atoms with van der Waals surface area (Å²) in [5, 5.41) is 3.18. The quantitative estimate of drug-likeness (QED) is 0.357. The predicted molar refractivity (Wildman–Crippen MR) is 102 cm³/mol. The standard InChI is InChI=1S/C19H31NO2.C2H2/c1-4-5-6-7-8-12-15-18(21)22-19(16(2)20-3)17-13-10-9-11-14-17;1-2/h9-11,13-14,16,19-20H,4-8,12,15H2,1-3H3;1-2H/t16-,19-;/m1./s1. The van der Waals surface area contributed by atoms with Gasteiger partial charge in [0.25, 0.3) is 0 Å². The molecule has 0 aliphatic heterocycles. The van der Waals surface area contributed by atoms with E-state index in [1.807, 2.05) is 44.3 Å².